The van der Waals surface area contributed by atoms with Crippen LogP contribution in [0.25, 0.3) is 0 Å². The molecule has 0 aliphatic heterocycles. The second kappa shape index (κ2) is 6.29. The number of hydrogen-bond acceptors (Lipinski definition) is 2. The Morgan fingerprint density at radius 3 is 2.37 bits per heavy atom. The number of aryl methyl sites for hydroxylation is 1. The highest BCUT2D eigenvalue weighted by atomic mass is 35.5. The van der Waals surface area contributed by atoms with Gasteiger partial charge in [-0.3, -0.25) is 0 Å². The smallest absolute Gasteiger partial charge is 0.133 e. The van der Waals surface area contributed by atoms with E-state index in [2.05, 4.69) is 5.32 Å². The van der Waals surface area contributed by atoms with Gasteiger partial charge in [-0.1, -0.05) is 29.3 Å². The van der Waals surface area contributed by atoms with Crippen LogP contribution in [-0.2, 0) is 6.54 Å². The number of hydrogen-bond donors (Lipinski definition) is 1. The van der Waals surface area contributed by atoms with Gasteiger partial charge < -0.3 is 10.1 Å². The predicted octanol–water partition coefficient (Wildman–Crippen LogP) is 4.81. The molecule has 0 amide bonds. The van der Waals surface area contributed by atoms with Gasteiger partial charge in [0.2, 0.25) is 0 Å². The Kier molecular flexibility index (Phi) is 4.70. The van der Waals surface area contributed by atoms with Crippen LogP contribution in [0.15, 0.2) is 36.4 Å². The summed E-state index contributed by atoms with van der Waals surface area (Å²) in [6.45, 7) is 2.68. The standard InChI is InChI=1S/C15H15Cl2NO/c1-10-7-12(16)5-6-14(10)19-15-8-13(17)4-3-11(15)9-18-2/h3-8,18H,9H2,1-2H3. The molecule has 2 aromatic rings. The lowest BCUT2D eigenvalue weighted by Crippen LogP contribution is -2.06. The summed E-state index contributed by atoms with van der Waals surface area (Å²) in [6.07, 6.45) is 0. The Bertz CT molecular complexity index is 584. The Labute approximate surface area is 123 Å². The first-order chi connectivity index (χ1) is 9.10. The van der Waals surface area contributed by atoms with Crippen molar-refractivity contribution in [2.75, 3.05) is 7.05 Å². The summed E-state index contributed by atoms with van der Waals surface area (Å²) in [5.74, 6) is 1.54. The van der Waals surface area contributed by atoms with Crippen LogP contribution < -0.4 is 10.1 Å². The molecule has 4 heteroatoms. The molecule has 0 heterocycles. The van der Waals surface area contributed by atoms with Gasteiger partial charge in [0.1, 0.15) is 11.5 Å². The van der Waals surface area contributed by atoms with Gasteiger partial charge in [-0.25, -0.2) is 0 Å². The van der Waals surface area contributed by atoms with E-state index in [-0.39, 0.29) is 0 Å². The number of ether oxygens (including phenoxy) is 1. The summed E-state index contributed by atoms with van der Waals surface area (Å²) < 4.78 is 5.95. The van der Waals surface area contributed by atoms with Crippen LogP contribution in [-0.4, -0.2) is 7.05 Å². The monoisotopic (exact) mass is 295 g/mol. The first-order valence-corrected chi connectivity index (χ1v) is 6.73. The lowest BCUT2D eigenvalue weighted by atomic mass is 10.2. The van der Waals surface area contributed by atoms with Crippen molar-refractivity contribution in [3.05, 3.63) is 57.6 Å². The third kappa shape index (κ3) is 3.63. The highest BCUT2D eigenvalue weighted by Gasteiger charge is 2.08. The van der Waals surface area contributed by atoms with Gasteiger partial charge in [0.15, 0.2) is 0 Å². The first kappa shape index (κ1) is 14.2. The quantitative estimate of drug-likeness (QED) is 0.874. The molecule has 0 radical (unpaired) electrons. The first-order valence-electron chi connectivity index (χ1n) is 5.97. The average molecular weight is 296 g/mol. The average Bonchev–Trinajstić information content (AvgIpc) is 2.36. The number of benzene rings is 2. The van der Waals surface area contributed by atoms with Crippen LogP contribution in [0, 0.1) is 6.92 Å². The maximum atomic E-state index is 6.03. The van der Waals surface area contributed by atoms with E-state index in [4.69, 9.17) is 27.9 Å². The number of rotatable bonds is 4. The molecule has 2 rings (SSSR count). The summed E-state index contributed by atoms with van der Waals surface area (Å²) in [4.78, 5) is 0. The third-order valence-electron chi connectivity index (χ3n) is 2.75. The molecule has 100 valence electrons. The van der Waals surface area contributed by atoms with Gasteiger partial charge >= 0.3 is 0 Å². The topological polar surface area (TPSA) is 21.3 Å². The van der Waals surface area contributed by atoms with E-state index in [1.165, 1.54) is 0 Å². The zero-order valence-corrected chi connectivity index (χ0v) is 12.3. The van der Waals surface area contributed by atoms with Crippen molar-refractivity contribution in [1.82, 2.24) is 5.32 Å². The molecule has 0 spiro atoms. The van der Waals surface area contributed by atoms with E-state index in [0.717, 1.165) is 29.2 Å². The van der Waals surface area contributed by atoms with E-state index in [0.29, 0.717) is 10.0 Å². The molecule has 2 aromatic carbocycles. The maximum Gasteiger partial charge on any atom is 0.133 e. The van der Waals surface area contributed by atoms with Gasteiger partial charge in [-0.05, 0) is 49.9 Å². The summed E-state index contributed by atoms with van der Waals surface area (Å²) in [6, 6.07) is 11.2. The molecule has 0 fully saturated rings. The zero-order chi connectivity index (χ0) is 13.8. The van der Waals surface area contributed by atoms with Crippen LogP contribution in [0.1, 0.15) is 11.1 Å². The van der Waals surface area contributed by atoms with Gasteiger partial charge in [0.05, 0.1) is 0 Å². The minimum atomic E-state index is 0.654. The third-order valence-corrected chi connectivity index (χ3v) is 3.22. The fourth-order valence-electron chi connectivity index (χ4n) is 1.81. The number of nitrogens with one attached hydrogen (secondary N) is 1. The van der Waals surface area contributed by atoms with Crippen molar-refractivity contribution in [1.29, 1.82) is 0 Å². The molecule has 0 aliphatic rings. The maximum absolute atomic E-state index is 6.03. The van der Waals surface area contributed by atoms with Crippen LogP contribution in [0.3, 0.4) is 0 Å². The van der Waals surface area contributed by atoms with Crippen molar-refractivity contribution < 1.29 is 4.74 Å². The molecule has 19 heavy (non-hydrogen) atoms. The largest absolute Gasteiger partial charge is 0.457 e. The lowest BCUT2D eigenvalue weighted by molar-refractivity contribution is 0.471. The van der Waals surface area contributed by atoms with E-state index in [1.54, 1.807) is 0 Å². The van der Waals surface area contributed by atoms with Crippen molar-refractivity contribution >= 4 is 23.2 Å². The fourth-order valence-corrected chi connectivity index (χ4v) is 2.19. The van der Waals surface area contributed by atoms with Crippen molar-refractivity contribution in [3.63, 3.8) is 0 Å². The fraction of sp³-hybridized carbons (Fsp3) is 0.200. The van der Waals surface area contributed by atoms with E-state index < -0.39 is 0 Å². The lowest BCUT2D eigenvalue weighted by Gasteiger charge is -2.13. The second-order valence-electron chi connectivity index (χ2n) is 4.29. The van der Waals surface area contributed by atoms with Crippen molar-refractivity contribution in [2.45, 2.75) is 13.5 Å². The molecule has 2 nitrogen and oxygen atoms in total. The van der Waals surface area contributed by atoms with Crippen molar-refractivity contribution in [3.8, 4) is 11.5 Å². The Morgan fingerprint density at radius 1 is 1.00 bits per heavy atom. The zero-order valence-electron chi connectivity index (χ0n) is 10.8. The van der Waals surface area contributed by atoms with E-state index in [9.17, 15) is 0 Å². The van der Waals surface area contributed by atoms with Crippen LogP contribution in [0.4, 0.5) is 0 Å². The summed E-state index contributed by atoms with van der Waals surface area (Å²) in [5.41, 5.74) is 2.05. The van der Waals surface area contributed by atoms with Gasteiger partial charge in [0, 0.05) is 22.2 Å². The predicted molar refractivity (Wildman–Crippen MR) is 80.5 cm³/mol. The molecule has 0 aliphatic carbocycles. The number of halogens is 2. The molecular formula is C15H15Cl2NO. The van der Waals surface area contributed by atoms with Crippen LogP contribution in [0.2, 0.25) is 10.0 Å². The molecule has 0 saturated carbocycles. The Hall–Kier alpha value is -1.22. The van der Waals surface area contributed by atoms with Crippen molar-refractivity contribution in [2.24, 2.45) is 0 Å². The molecule has 0 unspecified atom stereocenters. The molecule has 0 saturated heterocycles. The molecular weight excluding hydrogens is 281 g/mol. The highest BCUT2D eigenvalue weighted by molar-refractivity contribution is 6.31. The van der Waals surface area contributed by atoms with Crippen LogP contribution in [0.5, 0.6) is 11.5 Å². The summed E-state index contributed by atoms with van der Waals surface area (Å²) >= 11 is 12.0. The van der Waals surface area contributed by atoms with Gasteiger partial charge in [-0.2, -0.15) is 0 Å². The second-order valence-corrected chi connectivity index (χ2v) is 5.17. The Balaban J connectivity index is 2.33. The summed E-state index contributed by atoms with van der Waals surface area (Å²) in [5, 5.41) is 4.46. The SMILES string of the molecule is CNCc1ccc(Cl)cc1Oc1ccc(Cl)cc1C. The molecule has 0 bridgehead atoms. The normalized spacial score (nSPS) is 10.5. The van der Waals surface area contributed by atoms with Gasteiger partial charge in [-0.15, -0.1) is 0 Å². The minimum absolute atomic E-state index is 0.654. The highest BCUT2D eigenvalue weighted by Crippen LogP contribution is 2.31. The van der Waals surface area contributed by atoms with Crippen LogP contribution >= 0.6 is 23.2 Å². The molecule has 1 N–H and O–H groups in total. The summed E-state index contributed by atoms with van der Waals surface area (Å²) in [7, 11) is 1.89. The van der Waals surface area contributed by atoms with E-state index >= 15 is 0 Å². The molecule has 0 aromatic heterocycles. The minimum Gasteiger partial charge on any atom is -0.457 e. The van der Waals surface area contributed by atoms with Gasteiger partial charge in [0.25, 0.3) is 0 Å². The Morgan fingerprint density at radius 2 is 1.68 bits per heavy atom. The van der Waals surface area contributed by atoms with E-state index in [1.807, 2.05) is 50.4 Å². The molecule has 0 atom stereocenters.